The Bertz CT molecular complexity index is 443. The summed E-state index contributed by atoms with van der Waals surface area (Å²) < 4.78 is 23.7. The molecule has 1 aliphatic heterocycles. The van der Waals surface area contributed by atoms with Crippen LogP contribution in [-0.4, -0.2) is 65.5 Å². The molecule has 0 radical (unpaired) electrons. The number of rotatable bonds is 3. The van der Waals surface area contributed by atoms with Crippen molar-refractivity contribution in [3.05, 3.63) is 0 Å². The summed E-state index contributed by atoms with van der Waals surface area (Å²) in [6, 6.07) is -0.267. The van der Waals surface area contributed by atoms with Gasteiger partial charge in [0.25, 0.3) is 0 Å². The Morgan fingerprint density at radius 1 is 1.12 bits per heavy atom. The molecule has 1 fully saturated rings. The van der Waals surface area contributed by atoms with E-state index in [2.05, 4.69) is 0 Å². The number of hydrogen-bond donors (Lipinski definition) is 0. The maximum Gasteiger partial charge on any atom is 0.410 e. The first-order valence-electron chi connectivity index (χ1n) is 8.46. The number of likely N-dealkylation sites (tertiary alicyclic amines) is 1. The van der Waals surface area contributed by atoms with Crippen LogP contribution < -0.4 is 0 Å². The number of halogens is 1. The summed E-state index contributed by atoms with van der Waals surface area (Å²) in [4.78, 5) is 27.6. The smallest absolute Gasteiger partial charge is 0.410 e. The van der Waals surface area contributed by atoms with Gasteiger partial charge in [-0.2, -0.15) is 0 Å². The molecule has 0 aromatic rings. The molecule has 1 atom stereocenters. The van der Waals surface area contributed by atoms with Gasteiger partial charge in [-0.05, 0) is 54.4 Å². The van der Waals surface area contributed by atoms with Gasteiger partial charge in [0.1, 0.15) is 17.9 Å². The molecule has 0 aromatic heterocycles. The van der Waals surface area contributed by atoms with Crippen molar-refractivity contribution in [3.63, 3.8) is 0 Å². The van der Waals surface area contributed by atoms with Gasteiger partial charge in [0.15, 0.2) is 0 Å². The Balaban J connectivity index is 2.77. The minimum absolute atomic E-state index is 0.0399. The summed E-state index contributed by atoms with van der Waals surface area (Å²) in [5.74, 6) is 0. The van der Waals surface area contributed by atoms with Crippen molar-refractivity contribution in [2.24, 2.45) is 0 Å². The van der Waals surface area contributed by atoms with E-state index in [1.165, 1.54) is 4.90 Å². The van der Waals surface area contributed by atoms with Crippen LogP contribution in [0.2, 0.25) is 0 Å². The monoisotopic (exact) mass is 346 g/mol. The molecule has 1 aliphatic rings. The van der Waals surface area contributed by atoms with E-state index in [1.807, 2.05) is 20.8 Å². The largest absolute Gasteiger partial charge is 0.444 e. The second kappa shape index (κ2) is 8.03. The maximum absolute atomic E-state index is 12.9. The summed E-state index contributed by atoms with van der Waals surface area (Å²) in [7, 11) is 0. The van der Waals surface area contributed by atoms with Crippen molar-refractivity contribution in [2.75, 3.05) is 26.3 Å². The van der Waals surface area contributed by atoms with E-state index < -0.39 is 30.1 Å². The number of carbonyl (C=O) groups excluding carboxylic acids is 2. The molecule has 1 unspecified atom stereocenters. The van der Waals surface area contributed by atoms with Crippen LogP contribution in [0.15, 0.2) is 0 Å². The van der Waals surface area contributed by atoms with Crippen LogP contribution >= 0.6 is 0 Å². The molecule has 6 nitrogen and oxygen atoms in total. The van der Waals surface area contributed by atoms with Crippen molar-refractivity contribution in [3.8, 4) is 0 Å². The fourth-order valence-corrected chi connectivity index (χ4v) is 2.54. The van der Waals surface area contributed by atoms with Crippen LogP contribution in [-0.2, 0) is 9.47 Å². The minimum Gasteiger partial charge on any atom is -0.444 e. The Hall–Kier alpha value is -1.53. The van der Waals surface area contributed by atoms with E-state index in [4.69, 9.17) is 9.47 Å². The Kier molecular flexibility index (Phi) is 6.86. The molecule has 2 amide bonds. The van der Waals surface area contributed by atoms with Crippen molar-refractivity contribution < 1.29 is 23.5 Å². The molecule has 24 heavy (non-hydrogen) atoms. The standard InChI is InChI=1S/C17H31FN2O4/c1-16(2,3)23-14(21)19-10-7-8-13(12-19)20(11-9-18)15(22)24-17(4,5)6/h13H,7-12H2,1-6H3. The molecule has 0 bridgehead atoms. The van der Waals surface area contributed by atoms with Gasteiger partial charge in [0, 0.05) is 13.1 Å². The Labute approximate surface area is 144 Å². The second-order valence-corrected chi connectivity index (χ2v) is 8.09. The van der Waals surface area contributed by atoms with Crippen molar-refractivity contribution in [2.45, 2.75) is 71.6 Å². The highest BCUT2D eigenvalue weighted by molar-refractivity contribution is 5.70. The van der Waals surface area contributed by atoms with Gasteiger partial charge in [-0.3, -0.25) is 0 Å². The summed E-state index contributed by atoms with van der Waals surface area (Å²) in [5.41, 5.74) is -1.22. The van der Waals surface area contributed by atoms with Crippen LogP contribution in [0.4, 0.5) is 14.0 Å². The van der Waals surface area contributed by atoms with Crippen molar-refractivity contribution in [1.82, 2.24) is 9.80 Å². The van der Waals surface area contributed by atoms with Crippen molar-refractivity contribution in [1.29, 1.82) is 0 Å². The molecule has 0 saturated carbocycles. The molecule has 1 heterocycles. The maximum atomic E-state index is 12.9. The number of ether oxygens (including phenoxy) is 2. The van der Waals surface area contributed by atoms with E-state index in [0.717, 1.165) is 6.42 Å². The van der Waals surface area contributed by atoms with E-state index in [-0.39, 0.29) is 12.6 Å². The normalized spacial score (nSPS) is 19.0. The molecule has 0 aliphatic carbocycles. The lowest BCUT2D eigenvalue weighted by atomic mass is 10.0. The minimum atomic E-state index is -0.651. The fourth-order valence-electron chi connectivity index (χ4n) is 2.54. The molecule has 1 saturated heterocycles. The summed E-state index contributed by atoms with van der Waals surface area (Å²) in [5, 5.41) is 0. The second-order valence-electron chi connectivity index (χ2n) is 8.09. The van der Waals surface area contributed by atoms with E-state index in [9.17, 15) is 14.0 Å². The van der Waals surface area contributed by atoms with Crippen molar-refractivity contribution >= 4 is 12.2 Å². The van der Waals surface area contributed by atoms with Gasteiger partial charge in [-0.1, -0.05) is 0 Å². The van der Waals surface area contributed by atoms with Gasteiger partial charge in [-0.25, -0.2) is 14.0 Å². The van der Waals surface area contributed by atoms with Gasteiger partial charge in [-0.15, -0.1) is 0 Å². The highest BCUT2D eigenvalue weighted by Gasteiger charge is 2.34. The van der Waals surface area contributed by atoms with Gasteiger partial charge in [0.05, 0.1) is 12.6 Å². The third-order valence-electron chi connectivity index (χ3n) is 3.44. The van der Waals surface area contributed by atoms with Gasteiger partial charge < -0.3 is 19.3 Å². The molecule has 1 rings (SSSR count). The zero-order valence-corrected chi connectivity index (χ0v) is 15.7. The lowest BCUT2D eigenvalue weighted by Gasteiger charge is -2.39. The number of amides is 2. The first kappa shape index (κ1) is 20.5. The average Bonchev–Trinajstić information content (AvgIpc) is 2.41. The number of piperidine rings is 1. The first-order valence-corrected chi connectivity index (χ1v) is 8.46. The summed E-state index contributed by atoms with van der Waals surface area (Å²) >= 11 is 0. The molecule has 0 spiro atoms. The molecular weight excluding hydrogens is 315 g/mol. The first-order chi connectivity index (χ1) is 10.9. The highest BCUT2D eigenvalue weighted by atomic mass is 19.1. The quantitative estimate of drug-likeness (QED) is 0.783. The summed E-state index contributed by atoms with van der Waals surface area (Å²) in [6.45, 7) is 10.9. The lowest BCUT2D eigenvalue weighted by Crippen LogP contribution is -2.53. The number of hydrogen-bond acceptors (Lipinski definition) is 4. The van der Waals surface area contributed by atoms with Gasteiger partial charge >= 0.3 is 12.2 Å². The van der Waals surface area contributed by atoms with Crippen LogP contribution in [0.25, 0.3) is 0 Å². The molecule has 0 aromatic carbocycles. The predicted octanol–water partition coefficient (Wildman–Crippen LogP) is 3.59. The topological polar surface area (TPSA) is 59.1 Å². The number of nitrogens with zero attached hydrogens (tertiary/aromatic N) is 2. The third kappa shape index (κ3) is 6.93. The molecular formula is C17H31FN2O4. The van der Waals surface area contributed by atoms with E-state index in [0.29, 0.717) is 19.5 Å². The zero-order valence-electron chi connectivity index (χ0n) is 15.7. The van der Waals surface area contributed by atoms with E-state index >= 15 is 0 Å². The lowest BCUT2D eigenvalue weighted by molar-refractivity contribution is -0.00647. The zero-order chi connectivity index (χ0) is 18.5. The van der Waals surface area contributed by atoms with Crippen LogP contribution in [0.5, 0.6) is 0 Å². The average molecular weight is 346 g/mol. The molecule has 0 N–H and O–H groups in total. The number of alkyl halides is 1. The molecule has 7 heteroatoms. The van der Waals surface area contributed by atoms with E-state index in [1.54, 1.807) is 25.7 Å². The Morgan fingerprint density at radius 2 is 1.71 bits per heavy atom. The summed E-state index contributed by atoms with van der Waals surface area (Å²) in [6.07, 6.45) is 0.487. The van der Waals surface area contributed by atoms with Crippen LogP contribution in [0, 0.1) is 0 Å². The number of carbonyl (C=O) groups is 2. The van der Waals surface area contributed by atoms with Crippen LogP contribution in [0.3, 0.4) is 0 Å². The SMILES string of the molecule is CC(C)(C)OC(=O)N1CCCC(N(CCF)C(=O)OC(C)(C)C)C1. The highest BCUT2D eigenvalue weighted by Crippen LogP contribution is 2.21. The fraction of sp³-hybridized carbons (Fsp3) is 0.882. The third-order valence-corrected chi connectivity index (χ3v) is 3.44. The van der Waals surface area contributed by atoms with Crippen LogP contribution in [0.1, 0.15) is 54.4 Å². The predicted molar refractivity (Wildman–Crippen MR) is 89.7 cm³/mol. The Morgan fingerprint density at radius 3 is 2.21 bits per heavy atom. The molecule has 140 valence electrons. The van der Waals surface area contributed by atoms with Gasteiger partial charge in [0.2, 0.25) is 0 Å².